The summed E-state index contributed by atoms with van der Waals surface area (Å²) < 4.78 is 1.88. The Morgan fingerprint density at radius 1 is 1.50 bits per heavy atom. The number of aromatic nitrogens is 3. The molecule has 4 heteroatoms. The van der Waals surface area contributed by atoms with Crippen LogP contribution in [0.15, 0.2) is 25.0 Å². The molecule has 1 unspecified atom stereocenters. The summed E-state index contributed by atoms with van der Waals surface area (Å²) in [7, 11) is 0. The molecule has 0 fully saturated rings. The van der Waals surface area contributed by atoms with Gasteiger partial charge in [-0.2, -0.15) is 0 Å². The van der Waals surface area contributed by atoms with Crippen molar-refractivity contribution in [3.8, 4) is 0 Å². The summed E-state index contributed by atoms with van der Waals surface area (Å²) in [6, 6.07) is 0.587. The molecule has 0 bridgehead atoms. The van der Waals surface area contributed by atoms with E-state index < -0.39 is 0 Å². The molecule has 0 aromatic carbocycles. The van der Waals surface area contributed by atoms with E-state index in [9.17, 15) is 0 Å². The molecule has 0 radical (unpaired) electrons. The highest BCUT2D eigenvalue weighted by Gasteiger charge is 1.98. The van der Waals surface area contributed by atoms with Crippen molar-refractivity contribution < 1.29 is 0 Å². The first kappa shape index (κ1) is 12.9. The number of hydrogen-bond donors (Lipinski definition) is 1. The van der Waals surface area contributed by atoms with Gasteiger partial charge in [0, 0.05) is 18.8 Å². The predicted octanol–water partition coefficient (Wildman–Crippen LogP) is 2.00. The number of aryl methyl sites for hydroxylation is 1. The van der Waals surface area contributed by atoms with Crippen LogP contribution in [0.1, 0.15) is 32.6 Å². The van der Waals surface area contributed by atoms with E-state index in [1.165, 1.54) is 12.8 Å². The van der Waals surface area contributed by atoms with Gasteiger partial charge in [0.2, 0.25) is 0 Å². The molecule has 0 aliphatic heterocycles. The maximum absolute atomic E-state index is 3.92. The van der Waals surface area contributed by atoms with Crippen LogP contribution in [0.25, 0.3) is 0 Å². The lowest BCUT2D eigenvalue weighted by Crippen LogP contribution is -2.26. The number of unbranched alkanes of at least 4 members (excludes halogenated alkanes) is 1. The fraction of sp³-hybridized carbons (Fsp3) is 0.667. The van der Waals surface area contributed by atoms with Crippen molar-refractivity contribution in [1.29, 1.82) is 0 Å². The minimum Gasteiger partial charge on any atom is -0.314 e. The summed E-state index contributed by atoms with van der Waals surface area (Å²) in [5.74, 6) is 0. The van der Waals surface area contributed by atoms with Gasteiger partial charge in [0.25, 0.3) is 0 Å². The van der Waals surface area contributed by atoms with Gasteiger partial charge in [-0.25, -0.2) is 0 Å². The Kier molecular flexibility index (Phi) is 6.49. The molecule has 90 valence electrons. The average Bonchev–Trinajstić information content (AvgIpc) is 2.79. The third-order valence-corrected chi connectivity index (χ3v) is 2.58. The molecule has 1 aromatic heterocycles. The molecule has 0 spiro atoms. The lowest BCUT2D eigenvalue weighted by molar-refractivity contribution is 0.478. The zero-order chi connectivity index (χ0) is 11.6. The zero-order valence-electron chi connectivity index (χ0n) is 10.1. The Bertz CT molecular complexity index is 269. The molecular weight excluding hydrogens is 200 g/mol. The monoisotopic (exact) mass is 222 g/mol. The van der Waals surface area contributed by atoms with Crippen LogP contribution in [0, 0.1) is 0 Å². The molecule has 0 amide bonds. The number of hydrogen-bond acceptors (Lipinski definition) is 3. The standard InChI is InChI=1S/C12H22N4/c1-3-4-7-12(2)13-8-5-6-10-16-11-9-14-15-16/h3,9,11-13H,1,4-8,10H2,2H3. The quantitative estimate of drug-likeness (QED) is 0.513. The van der Waals surface area contributed by atoms with Gasteiger partial charge in [-0.1, -0.05) is 11.3 Å². The minimum atomic E-state index is 0.587. The van der Waals surface area contributed by atoms with E-state index in [-0.39, 0.29) is 0 Å². The fourth-order valence-electron chi connectivity index (χ4n) is 1.57. The van der Waals surface area contributed by atoms with E-state index in [0.717, 1.165) is 25.9 Å². The summed E-state index contributed by atoms with van der Waals surface area (Å²) in [6.07, 6.45) is 10.2. The number of rotatable bonds is 9. The Morgan fingerprint density at radius 2 is 2.38 bits per heavy atom. The van der Waals surface area contributed by atoms with Gasteiger partial charge < -0.3 is 5.32 Å². The highest BCUT2D eigenvalue weighted by molar-refractivity contribution is 4.71. The predicted molar refractivity (Wildman–Crippen MR) is 66.2 cm³/mol. The third-order valence-electron chi connectivity index (χ3n) is 2.58. The second-order valence-electron chi connectivity index (χ2n) is 4.09. The first-order valence-electron chi connectivity index (χ1n) is 6.01. The average molecular weight is 222 g/mol. The Labute approximate surface area is 97.7 Å². The normalized spacial score (nSPS) is 12.6. The van der Waals surface area contributed by atoms with Gasteiger partial charge >= 0.3 is 0 Å². The third kappa shape index (κ3) is 5.66. The van der Waals surface area contributed by atoms with Crippen molar-refractivity contribution in [2.24, 2.45) is 0 Å². The van der Waals surface area contributed by atoms with Crippen molar-refractivity contribution in [2.45, 2.75) is 45.2 Å². The van der Waals surface area contributed by atoms with Crippen LogP contribution >= 0.6 is 0 Å². The molecule has 1 heterocycles. The lowest BCUT2D eigenvalue weighted by Gasteiger charge is -2.12. The first-order chi connectivity index (χ1) is 7.83. The van der Waals surface area contributed by atoms with Crippen LogP contribution < -0.4 is 5.32 Å². The van der Waals surface area contributed by atoms with Crippen LogP contribution in [0.5, 0.6) is 0 Å². The number of nitrogens with zero attached hydrogens (tertiary/aromatic N) is 3. The molecule has 1 N–H and O–H groups in total. The SMILES string of the molecule is C=CCCC(C)NCCCCn1ccnn1. The highest BCUT2D eigenvalue weighted by atomic mass is 15.4. The maximum atomic E-state index is 3.92. The second kappa shape index (κ2) is 8.05. The van der Waals surface area contributed by atoms with E-state index in [1.807, 2.05) is 17.0 Å². The van der Waals surface area contributed by atoms with Gasteiger partial charge in [-0.3, -0.25) is 4.68 Å². The number of nitrogens with one attached hydrogen (secondary N) is 1. The molecule has 1 atom stereocenters. The van der Waals surface area contributed by atoms with E-state index in [2.05, 4.69) is 29.1 Å². The highest BCUT2D eigenvalue weighted by Crippen LogP contribution is 1.98. The van der Waals surface area contributed by atoms with Crippen molar-refractivity contribution in [2.75, 3.05) is 6.54 Å². The fourth-order valence-corrected chi connectivity index (χ4v) is 1.57. The first-order valence-corrected chi connectivity index (χ1v) is 6.01. The summed E-state index contributed by atoms with van der Waals surface area (Å²) in [5, 5.41) is 11.2. The van der Waals surface area contributed by atoms with Crippen molar-refractivity contribution in [1.82, 2.24) is 20.3 Å². The lowest BCUT2D eigenvalue weighted by atomic mass is 10.2. The smallest absolute Gasteiger partial charge is 0.0692 e. The molecule has 4 nitrogen and oxygen atoms in total. The van der Waals surface area contributed by atoms with Crippen molar-refractivity contribution >= 4 is 0 Å². The summed E-state index contributed by atoms with van der Waals surface area (Å²) in [5.41, 5.74) is 0. The molecule has 0 saturated carbocycles. The van der Waals surface area contributed by atoms with Crippen LogP contribution in [-0.2, 0) is 6.54 Å². The molecule has 1 rings (SSSR count). The molecular formula is C12H22N4. The second-order valence-corrected chi connectivity index (χ2v) is 4.09. The van der Waals surface area contributed by atoms with E-state index >= 15 is 0 Å². The molecule has 0 aliphatic carbocycles. The Morgan fingerprint density at radius 3 is 3.06 bits per heavy atom. The van der Waals surface area contributed by atoms with Crippen LogP contribution in [-0.4, -0.2) is 27.6 Å². The van der Waals surface area contributed by atoms with Gasteiger partial charge in [-0.05, 0) is 39.2 Å². The van der Waals surface area contributed by atoms with Crippen LogP contribution in [0.4, 0.5) is 0 Å². The number of allylic oxidation sites excluding steroid dienone is 1. The van der Waals surface area contributed by atoms with Gasteiger partial charge in [0.15, 0.2) is 0 Å². The molecule has 1 aromatic rings. The molecule has 0 saturated heterocycles. The topological polar surface area (TPSA) is 42.7 Å². The van der Waals surface area contributed by atoms with Gasteiger partial charge in [-0.15, -0.1) is 11.7 Å². The Balaban J connectivity index is 1.93. The van der Waals surface area contributed by atoms with E-state index in [1.54, 1.807) is 6.20 Å². The van der Waals surface area contributed by atoms with E-state index in [0.29, 0.717) is 6.04 Å². The summed E-state index contributed by atoms with van der Waals surface area (Å²) >= 11 is 0. The maximum Gasteiger partial charge on any atom is 0.0692 e. The largest absolute Gasteiger partial charge is 0.314 e. The van der Waals surface area contributed by atoms with Crippen molar-refractivity contribution in [3.63, 3.8) is 0 Å². The zero-order valence-corrected chi connectivity index (χ0v) is 10.1. The summed E-state index contributed by atoms with van der Waals surface area (Å²) in [6.45, 7) is 7.99. The molecule has 0 aliphatic rings. The summed E-state index contributed by atoms with van der Waals surface area (Å²) in [4.78, 5) is 0. The van der Waals surface area contributed by atoms with E-state index in [4.69, 9.17) is 0 Å². The van der Waals surface area contributed by atoms with Gasteiger partial charge in [0.1, 0.15) is 0 Å². The van der Waals surface area contributed by atoms with Gasteiger partial charge in [0.05, 0.1) is 6.20 Å². The Hall–Kier alpha value is -1.16. The van der Waals surface area contributed by atoms with Crippen LogP contribution in [0.3, 0.4) is 0 Å². The minimum absolute atomic E-state index is 0.587. The van der Waals surface area contributed by atoms with Crippen molar-refractivity contribution in [3.05, 3.63) is 25.0 Å². The molecule has 16 heavy (non-hydrogen) atoms. The van der Waals surface area contributed by atoms with Crippen LogP contribution in [0.2, 0.25) is 0 Å².